The quantitative estimate of drug-likeness (QED) is 0.803. The first-order valence-corrected chi connectivity index (χ1v) is 9.32. The van der Waals surface area contributed by atoms with E-state index in [-0.39, 0.29) is 11.8 Å². The van der Waals surface area contributed by atoms with Gasteiger partial charge in [0.25, 0.3) is 0 Å². The molecule has 28 heavy (non-hydrogen) atoms. The molecule has 0 radical (unpaired) electrons. The highest BCUT2D eigenvalue weighted by molar-refractivity contribution is 5.93. The zero-order valence-corrected chi connectivity index (χ0v) is 16.3. The van der Waals surface area contributed by atoms with Gasteiger partial charge in [-0.1, -0.05) is 6.07 Å². The molecule has 2 aromatic rings. The zero-order valence-electron chi connectivity index (χ0n) is 16.3. The molecule has 0 bridgehead atoms. The maximum absolute atomic E-state index is 12.3. The molecule has 0 unspecified atom stereocenters. The van der Waals surface area contributed by atoms with Crippen molar-refractivity contribution in [2.45, 2.75) is 6.92 Å². The summed E-state index contributed by atoms with van der Waals surface area (Å²) in [6, 6.07) is 15.1. The summed E-state index contributed by atoms with van der Waals surface area (Å²) in [4.78, 5) is 27.8. The number of carbonyl (C=O) groups is 2. The van der Waals surface area contributed by atoms with E-state index in [1.165, 1.54) is 6.92 Å². The summed E-state index contributed by atoms with van der Waals surface area (Å²) in [5.74, 6) is 0.691. The lowest BCUT2D eigenvalue weighted by molar-refractivity contribution is -0.117. The Labute approximate surface area is 165 Å². The number of carbonyl (C=O) groups excluding carboxylic acids is 2. The number of nitrogens with one attached hydrogen (secondary N) is 2. The first-order valence-electron chi connectivity index (χ1n) is 9.32. The molecule has 1 aliphatic heterocycles. The van der Waals surface area contributed by atoms with Crippen LogP contribution in [0, 0.1) is 0 Å². The molecule has 2 aromatic carbocycles. The van der Waals surface area contributed by atoms with Crippen LogP contribution in [0.3, 0.4) is 0 Å². The minimum atomic E-state index is -0.120. The summed E-state index contributed by atoms with van der Waals surface area (Å²) in [6.07, 6.45) is 0. The summed E-state index contributed by atoms with van der Waals surface area (Å²) in [6.45, 7) is 5.21. The fourth-order valence-corrected chi connectivity index (χ4v) is 3.22. The van der Waals surface area contributed by atoms with Gasteiger partial charge in [0.05, 0.1) is 13.7 Å². The fraction of sp³-hybridized carbons (Fsp3) is 0.333. The largest absolute Gasteiger partial charge is 0.497 e. The van der Waals surface area contributed by atoms with Crippen LogP contribution < -0.4 is 20.3 Å². The summed E-state index contributed by atoms with van der Waals surface area (Å²) >= 11 is 0. The predicted molar refractivity (Wildman–Crippen MR) is 111 cm³/mol. The molecule has 1 aliphatic rings. The van der Waals surface area contributed by atoms with Crippen molar-refractivity contribution in [3.8, 4) is 5.75 Å². The lowest BCUT2D eigenvalue weighted by Crippen LogP contribution is -2.48. The molecule has 3 rings (SSSR count). The molecule has 0 saturated carbocycles. The van der Waals surface area contributed by atoms with Crippen molar-refractivity contribution < 1.29 is 14.3 Å². The molecule has 0 aliphatic carbocycles. The van der Waals surface area contributed by atoms with Crippen LogP contribution in [0.1, 0.15) is 6.92 Å². The van der Waals surface area contributed by atoms with Gasteiger partial charge >= 0.3 is 0 Å². The van der Waals surface area contributed by atoms with E-state index in [4.69, 9.17) is 4.74 Å². The Balaban J connectivity index is 1.46. The maximum atomic E-state index is 12.3. The van der Waals surface area contributed by atoms with E-state index in [1.807, 2.05) is 18.2 Å². The van der Waals surface area contributed by atoms with Crippen LogP contribution in [-0.2, 0) is 9.59 Å². The second-order valence-electron chi connectivity index (χ2n) is 6.77. The van der Waals surface area contributed by atoms with Gasteiger partial charge in [-0.15, -0.1) is 0 Å². The normalized spacial score (nSPS) is 14.4. The lowest BCUT2D eigenvalue weighted by Gasteiger charge is -2.35. The number of amides is 2. The Morgan fingerprint density at radius 1 is 0.964 bits per heavy atom. The Bertz CT molecular complexity index is 815. The van der Waals surface area contributed by atoms with Crippen molar-refractivity contribution in [1.82, 2.24) is 4.90 Å². The summed E-state index contributed by atoms with van der Waals surface area (Å²) in [7, 11) is 1.67. The molecule has 0 aromatic heterocycles. The van der Waals surface area contributed by atoms with E-state index in [0.29, 0.717) is 17.9 Å². The molecule has 0 atom stereocenters. The van der Waals surface area contributed by atoms with E-state index >= 15 is 0 Å². The van der Waals surface area contributed by atoms with Crippen LogP contribution in [-0.4, -0.2) is 56.5 Å². The minimum absolute atomic E-state index is 0.0397. The van der Waals surface area contributed by atoms with E-state index in [1.54, 1.807) is 31.4 Å². The molecule has 2 N–H and O–H groups in total. The van der Waals surface area contributed by atoms with Gasteiger partial charge in [-0.05, 0) is 36.4 Å². The van der Waals surface area contributed by atoms with Gasteiger partial charge in [-0.2, -0.15) is 0 Å². The highest BCUT2D eigenvalue weighted by Crippen LogP contribution is 2.22. The van der Waals surface area contributed by atoms with Crippen LogP contribution in [0.5, 0.6) is 5.75 Å². The van der Waals surface area contributed by atoms with Crippen LogP contribution >= 0.6 is 0 Å². The Hall–Kier alpha value is -3.06. The third-order valence-corrected chi connectivity index (χ3v) is 4.65. The molecule has 148 valence electrons. The Morgan fingerprint density at radius 2 is 1.61 bits per heavy atom. The van der Waals surface area contributed by atoms with Crippen molar-refractivity contribution in [2.24, 2.45) is 0 Å². The molecular weight excluding hydrogens is 356 g/mol. The number of hydrogen-bond acceptors (Lipinski definition) is 5. The number of methoxy groups -OCH3 is 1. The van der Waals surface area contributed by atoms with Crippen LogP contribution in [0.25, 0.3) is 0 Å². The van der Waals surface area contributed by atoms with Crippen molar-refractivity contribution >= 4 is 28.9 Å². The van der Waals surface area contributed by atoms with E-state index in [2.05, 4.69) is 26.5 Å². The van der Waals surface area contributed by atoms with E-state index in [0.717, 1.165) is 37.6 Å². The zero-order chi connectivity index (χ0) is 19.9. The second kappa shape index (κ2) is 9.23. The number of hydrogen-bond donors (Lipinski definition) is 2. The standard InChI is InChI=1S/C21H26N4O3/c1-16(26)22-17-6-8-18(9-7-17)23-21(27)15-24-10-12-25(13-11-24)19-4-3-5-20(14-19)28-2/h3-9,14H,10-13,15H2,1-2H3,(H,22,26)(H,23,27). The summed E-state index contributed by atoms with van der Waals surface area (Å²) in [5, 5.41) is 5.61. The van der Waals surface area contributed by atoms with Crippen LogP contribution in [0.2, 0.25) is 0 Å². The number of nitrogens with zero attached hydrogens (tertiary/aromatic N) is 2. The Morgan fingerprint density at radius 3 is 2.21 bits per heavy atom. The molecule has 7 heteroatoms. The first kappa shape index (κ1) is 19.7. The molecule has 0 spiro atoms. The van der Waals surface area contributed by atoms with E-state index < -0.39 is 0 Å². The molecule has 1 saturated heterocycles. The average molecular weight is 382 g/mol. The smallest absolute Gasteiger partial charge is 0.238 e. The fourth-order valence-electron chi connectivity index (χ4n) is 3.22. The monoisotopic (exact) mass is 382 g/mol. The predicted octanol–water partition coefficient (Wildman–Crippen LogP) is 2.41. The van der Waals surface area contributed by atoms with Gasteiger partial charge < -0.3 is 20.3 Å². The number of ether oxygens (including phenoxy) is 1. The average Bonchev–Trinajstić information content (AvgIpc) is 2.69. The van der Waals surface area contributed by atoms with Crippen molar-refractivity contribution in [3.63, 3.8) is 0 Å². The van der Waals surface area contributed by atoms with Gasteiger partial charge in [-0.3, -0.25) is 14.5 Å². The molecule has 1 fully saturated rings. The van der Waals surface area contributed by atoms with Crippen LogP contribution in [0.15, 0.2) is 48.5 Å². The van der Waals surface area contributed by atoms with Gasteiger partial charge in [0.2, 0.25) is 11.8 Å². The van der Waals surface area contributed by atoms with Gasteiger partial charge in [-0.25, -0.2) is 0 Å². The highest BCUT2D eigenvalue weighted by atomic mass is 16.5. The molecular formula is C21H26N4O3. The minimum Gasteiger partial charge on any atom is -0.497 e. The SMILES string of the molecule is COc1cccc(N2CCN(CC(=O)Nc3ccc(NC(C)=O)cc3)CC2)c1. The van der Waals surface area contributed by atoms with Gasteiger partial charge in [0, 0.05) is 56.2 Å². The van der Waals surface area contributed by atoms with Crippen molar-refractivity contribution in [3.05, 3.63) is 48.5 Å². The summed E-state index contributed by atoms with van der Waals surface area (Å²) in [5.41, 5.74) is 2.57. The number of anilines is 3. The number of benzene rings is 2. The molecule has 1 heterocycles. The van der Waals surface area contributed by atoms with Crippen molar-refractivity contribution in [2.75, 3.05) is 55.4 Å². The molecule has 2 amide bonds. The Kier molecular flexibility index (Phi) is 6.49. The van der Waals surface area contributed by atoms with Crippen LogP contribution in [0.4, 0.5) is 17.1 Å². The second-order valence-corrected chi connectivity index (χ2v) is 6.77. The van der Waals surface area contributed by atoms with Gasteiger partial charge in [0.1, 0.15) is 5.75 Å². The lowest BCUT2D eigenvalue weighted by atomic mass is 10.2. The number of piperazine rings is 1. The first-order chi connectivity index (χ1) is 13.5. The third kappa shape index (κ3) is 5.47. The molecule has 7 nitrogen and oxygen atoms in total. The third-order valence-electron chi connectivity index (χ3n) is 4.65. The van der Waals surface area contributed by atoms with Crippen molar-refractivity contribution in [1.29, 1.82) is 0 Å². The summed E-state index contributed by atoms with van der Waals surface area (Å²) < 4.78 is 5.29. The van der Waals surface area contributed by atoms with E-state index in [9.17, 15) is 9.59 Å². The van der Waals surface area contributed by atoms with Gasteiger partial charge in [0.15, 0.2) is 0 Å². The number of rotatable bonds is 6. The maximum Gasteiger partial charge on any atom is 0.238 e. The highest BCUT2D eigenvalue weighted by Gasteiger charge is 2.19. The topological polar surface area (TPSA) is 73.9 Å².